The molecule has 0 aliphatic heterocycles. The van der Waals surface area contributed by atoms with E-state index in [-0.39, 0.29) is 12.5 Å². The van der Waals surface area contributed by atoms with Crippen molar-refractivity contribution in [1.29, 1.82) is 0 Å². The van der Waals surface area contributed by atoms with Gasteiger partial charge in [0.25, 0.3) is 5.91 Å². The summed E-state index contributed by atoms with van der Waals surface area (Å²) >= 11 is 0. The molecule has 0 saturated carbocycles. The van der Waals surface area contributed by atoms with Gasteiger partial charge in [-0.15, -0.1) is 6.58 Å². The Balaban J connectivity index is 1.90. The number of carboxylic acids is 1. The van der Waals surface area contributed by atoms with E-state index in [9.17, 15) is 9.59 Å². The summed E-state index contributed by atoms with van der Waals surface area (Å²) in [6.07, 6.45) is 2.96. The van der Waals surface area contributed by atoms with Crippen molar-refractivity contribution in [2.45, 2.75) is 19.8 Å². The molecule has 1 amide bonds. The molecule has 0 aliphatic carbocycles. The Morgan fingerprint density at radius 3 is 2.43 bits per heavy atom. The van der Waals surface area contributed by atoms with Crippen LogP contribution in [0.3, 0.4) is 0 Å². The molecule has 0 bridgehead atoms. The van der Waals surface area contributed by atoms with Crippen molar-refractivity contribution in [2.24, 2.45) is 5.92 Å². The molecule has 2 aromatic rings. The minimum Gasteiger partial charge on any atom is -0.493 e. The van der Waals surface area contributed by atoms with Crippen molar-refractivity contribution in [2.75, 3.05) is 19.0 Å². The Kier molecular flexibility index (Phi) is 7.63. The van der Waals surface area contributed by atoms with Crippen molar-refractivity contribution >= 4 is 17.6 Å². The number of carbonyl (C=O) groups excluding carboxylic acids is 1. The summed E-state index contributed by atoms with van der Waals surface area (Å²) < 4.78 is 10.9. The van der Waals surface area contributed by atoms with Crippen LogP contribution < -0.4 is 14.8 Å². The third kappa shape index (κ3) is 6.16. The molecule has 2 rings (SSSR count). The lowest BCUT2D eigenvalue weighted by molar-refractivity contribution is -0.141. The number of rotatable bonds is 10. The predicted molar refractivity (Wildman–Crippen MR) is 108 cm³/mol. The van der Waals surface area contributed by atoms with Gasteiger partial charge in [-0.2, -0.15) is 0 Å². The van der Waals surface area contributed by atoms with Crippen molar-refractivity contribution in [1.82, 2.24) is 0 Å². The molecule has 0 radical (unpaired) electrons. The van der Waals surface area contributed by atoms with Crippen LogP contribution >= 0.6 is 0 Å². The highest BCUT2D eigenvalue weighted by Crippen LogP contribution is 2.28. The quantitative estimate of drug-likeness (QED) is 0.611. The molecule has 0 heterocycles. The van der Waals surface area contributed by atoms with E-state index in [1.54, 1.807) is 50.4 Å². The lowest BCUT2D eigenvalue weighted by Gasteiger charge is -2.12. The van der Waals surface area contributed by atoms with E-state index in [1.165, 1.54) is 0 Å². The third-order valence-corrected chi connectivity index (χ3v) is 4.17. The molecule has 28 heavy (non-hydrogen) atoms. The number of allylic oxidation sites excluding steroid dienone is 1. The molecule has 6 nitrogen and oxygen atoms in total. The zero-order valence-electron chi connectivity index (χ0n) is 16.1. The Morgan fingerprint density at radius 2 is 1.82 bits per heavy atom. The van der Waals surface area contributed by atoms with Gasteiger partial charge in [0, 0.05) is 5.69 Å². The summed E-state index contributed by atoms with van der Waals surface area (Å²) in [5.41, 5.74) is 2.56. The van der Waals surface area contributed by atoms with Gasteiger partial charge in [0.15, 0.2) is 18.1 Å². The molecule has 1 atom stereocenters. The van der Waals surface area contributed by atoms with Crippen LogP contribution in [0.15, 0.2) is 55.1 Å². The topological polar surface area (TPSA) is 84.9 Å². The molecule has 0 aliphatic rings. The van der Waals surface area contributed by atoms with E-state index in [4.69, 9.17) is 14.6 Å². The Morgan fingerprint density at radius 1 is 1.14 bits per heavy atom. The van der Waals surface area contributed by atoms with Crippen LogP contribution in [-0.2, 0) is 22.4 Å². The van der Waals surface area contributed by atoms with E-state index < -0.39 is 11.9 Å². The van der Waals surface area contributed by atoms with Gasteiger partial charge in [-0.3, -0.25) is 9.59 Å². The number of anilines is 1. The van der Waals surface area contributed by atoms with Crippen molar-refractivity contribution in [3.63, 3.8) is 0 Å². The maximum atomic E-state index is 12.1. The second-order valence-electron chi connectivity index (χ2n) is 6.46. The lowest BCUT2D eigenvalue weighted by atomic mass is 10.0. The van der Waals surface area contributed by atoms with Gasteiger partial charge >= 0.3 is 5.97 Å². The average Bonchev–Trinajstić information content (AvgIpc) is 2.68. The fraction of sp³-hybridized carbons (Fsp3) is 0.273. The normalized spacial score (nSPS) is 11.4. The molecule has 6 heteroatoms. The minimum atomic E-state index is -0.831. The maximum Gasteiger partial charge on any atom is 0.306 e. The smallest absolute Gasteiger partial charge is 0.306 e. The summed E-state index contributed by atoms with van der Waals surface area (Å²) in [4.78, 5) is 23.1. The molecule has 2 N–H and O–H groups in total. The van der Waals surface area contributed by atoms with Crippen molar-refractivity contribution in [3.05, 3.63) is 66.2 Å². The summed E-state index contributed by atoms with van der Waals surface area (Å²) in [6.45, 7) is 5.21. The third-order valence-electron chi connectivity index (χ3n) is 4.17. The second kappa shape index (κ2) is 10.2. The molecule has 2 aromatic carbocycles. The van der Waals surface area contributed by atoms with Crippen LogP contribution in [0.25, 0.3) is 0 Å². The first kappa shape index (κ1) is 21.0. The van der Waals surface area contributed by atoms with Gasteiger partial charge in [-0.25, -0.2) is 0 Å². The SMILES string of the molecule is C=CCc1ccc(OCC(=O)Nc2ccc(CC(C)C(=O)O)cc2)c(OC)c1. The van der Waals surface area contributed by atoms with Crippen LogP contribution in [0.4, 0.5) is 5.69 Å². The van der Waals surface area contributed by atoms with Gasteiger partial charge < -0.3 is 19.9 Å². The van der Waals surface area contributed by atoms with Crippen molar-refractivity contribution < 1.29 is 24.2 Å². The van der Waals surface area contributed by atoms with Crippen LogP contribution in [0.2, 0.25) is 0 Å². The summed E-state index contributed by atoms with van der Waals surface area (Å²) in [5, 5.41) is 11.7. The van der Waals surface area contributed by atoms with Crippen LogP contribution in [-0.4, -0.2) is 30.7 Å². The van der Waals surface area contributed by atoms with Gasteiger partial charge in [0.05, 0.1) is 13.0 Å². The van der Waals surface area contributed by atoms with Gasteiger partial charge in [0.2, 0.25) is 0 Å². The fourth-order valence-corrected chi connectivity index (χ4v) is 2.63. The monoisotopic (exact) mass is 383 g/mol. The number of amides is 1. The summed E-state index contributed by atoms with van der Waals surface area (Å²) in [6, 6.07) is 12.6. The number of ether oxygens (including phenoxy) is 2. The second-order valence-corrected chi connectivity index (χ2v) is 6.46. The zero-order chi connectivity index (χ0) is 20.5. The summed E-state index contributed by atoms with van der Waals surface area (Å²) in [5.74, 6) is -0.541. The Bertz CT molecular complexity index is 829. The highest BCUT2D eigenvalue weighted by molar-refractivity contribution is 5.91. The average molecular weight is 383 g/mol. The van der Waals surface area contributed by atoms with Crippen LogP contribution in [0, 0.1) is 5.92 Å². The molecule has 0 fully saturated rings. The number of hydrogen-bond donors (Lipinski definition) is 2. The van der Waals surface area contributed by atoms with Gasteiger partial charge in [-0.1, -0.05) is 31.2 Å². The molecular formula is C22H25NO5. The molecule has 0 aromatic heterocycles. The van der Waals surface area contributed by atoms with Gasteiger partial charge in [-0.05, 0) is 48.2 Å². The van der Waals surface area contributed by atoms with E-state index >= 15 is 0 Å². The number of nitrogens with one attached hydrogen (secondary N) is 1. The molecular weight excluding hydrogens is 358 g/mol. The van der Waals surface area contributed by atoms with E-state index in [0.717, 1.165) is 17.5 Å². The van der Waals surface area contributed by atoms with Gasteiger partial charge in [0.1, 0.15) is 0 Å². The zero-order valence-corrected chi connectivity index (χ0v) is 16.1. The molecule has 0 spiro atoms. The Labute approximate surface area is 164 Å². The number of carbonyl (C=O) groups is 2. The molecule has 148 valence electrons. The van der Waals surface area contributed by atoms with Crippen molar-refractivity contribution in [3.8, 4) is 11.5 Å². The standard InChI is InChI=1S/C22H25NO5/c1-4-5-16-8-11-19(20(13-16)27-3)28-14-21(24)23-18-9-6-17(7-10-18)12-15(2)22(25)26/h4,6-11,13,15H,1,5,12,14H2,2-3H3,(H,23,24)(H,25,26). The number of methoxy groups -OCH3 is 1. The maximum absolute atomic E-state index is 12.1. The highest BCUT2D eigenvalue weighted by Gasteiger charge is 2.12. The first-order valence-electron chi connectivity index (χ1n) is 8.95. The predicted octanol–water partition coefficient (Wildman–Crippen LogP) is 3.70. The van der Waals surface area contributed by atoms with E-state index in [0.29, 0.717) is 23.6 Å². The fourth-order valence-electron chi connectivity index (χ4n) is 2.63. The Hall–Kier alpha value is -3.28. The van der Waals surface area contributed by atoms with E-state index in [2.05, 4.69) is 11.9 Å². The number of benzene rings is 2. The highest BCUT2D eigenvalue weighted by atomic mass is 16.5. The van der Waals surface area contributed by atoms with Crippen LogP contribution in [0.5, 0.6) is 11.5 Å². The largest absolute Gasteiger partial charge is 0.493 e. The first-order chi connectivity index (χ1) is 13.4. The molecule has 0 saturated heterocycles. The number of carboxylic acid groups (broad SMARTS) is 1. The first-order valence-corrected chi connectivity index (χ1v) is 8.95. The summed E-state index contributed by atoms with van der Waals surface area (Å²) in [7, 11) is 1.55. The van der Waals surface area contributed by atoms with Crippen LogP contribution in [0.1, 0.15) is 18.1 Å². The lowest BCUT2D eigenvalue weighted by Crippen LogP contribution is -2.20. The minimum absolute atomic E-state index is 0.158. The number of aliphatic carboxylic acids is 1. The molecule has 1 unspecified atom stereocenters. The number of hydrogen-bond acceptors (Lipinski definition) is 4. The van der Waals surface area contributed by atoms with E-state index in [1.807, 2.05) is 12.1 Å².